The molecule has 1 aliphatic carbocycles. The summed E-state index contributed by atoms with van der Waals surface area (Å²) in [6, 6.07) is 0.193. The van der Waals surface area contributed by atoms with Crippen molar-refractivity contribution in [3.63, 3.8) is 0 Å². The van der Waals surface area contributed by atoms with Crippen molar-refractivity contribution in [3.05, 3.63) is 18.2 Å². The Labute approximate surface area is 98.9 Å². The summed E-state index contributed by atoms with van der Waals surface area (Å²) in [5, 5.41) is 8.65. The first-order chi connectivity index (χ1) is 8.08. The smallest absolute Gasteiger partial charge is 0.312 e. The molecule has 1 aliphatic rings. The topological polar surface area (TPSA) is 75.4 Å². The Morgan fingerprint density at radius 1 is 1.59 bits per heavy atom. The van der Waals surface area contributed by atoms with E-state index in [2.05, 4.69) is 4.98 Å². The molecule has 2 rings (SSSR count). The van der Waals surface area contributed by atoms with Crippen LogP contribution in [0.3, 0.4) is 0 Å². The number of carbonyl (C=O) groups is 2. The molecule has 0 spiro atoms. The lowest BCUT2D eigenvalue weighted by Crippen LogP contribution is -2.34. The molecule has 1 heterocycles. The molecule has 6 nitrogen and oxygen atoms in total. The molecular formula is C11H15N3O3. The van der Waals surface area contributed by atoms with Crippen LogP contribution in [0.2, 0.25) is 0 Å². The molecule has 1 amide bonds. The molecule has 1 fully saturated rings. The van der Waals surface area contributed by atoms with Gasteiger partial charge in [-0.2, -0.15) is 0 Å². The van der Waals surface area contributed by atoms with Crippen LogP contribution in [-0.2, 0) is 23.2 Å². The van der Waals surface area contributed by atoms with Gasteiger partial charge in [-0.1, -0.05) is 0 Å². The summed E-state index contributed by atoms with van der Waals surface area (Å²) in [7, 11) is 1.86. The van der Waals surface area contributed by atoms with Gasteiger partial charge < -0.3 is 14.6 Å². The number of rotatable bonds is 5. The van der Waals surface area contributed by atoms with Crippen LogP contribution in [0, 0.1) is 0 Å². The summed E-state index contributed by atoms with van der Waals surface area (Å²) in [4.78, 5) is 28.1. The fourth-order valence-electron chi connectivity index (χ4n) is 1.74. The lowest BCUT2D eigenvalue weighted by Gasteiger charge is -2.21. The van der Waals surface area contributed by atoms with Gasteiger partial charge in [0.25, 0.3) is 0 Å². The van der Waals surface area contributed by atoms with E-state index in [9.17, 15) is 9.59 Å². The number of aryl methyl sites for hydroxylation is 1. The molecule has 0 aliphatic heterocycles. The molecule has 0 bridgehead atoms. The van der Waals surface area contributed by atoms with Gasteiger partial charge in [0.05, 0.1) is 6.54 Å². The molecule has 1 aromatic heterocycles. The normalized spacial score (nSPS) is 14.6. The van der Waals surface area contributed by atoms with E-state index in [1.807, 2.05) is 17.8 Å². The maximum atomic E-state index is 11.8. The Kier molecular flexibility index (Phi) is 3.12. The second kappa shape index (κ2) is 4.57. The van der Waals surface area contributed by atoms with Crippen LogP contribution in [0.5, 0.6) is 0 Å². The lowest BCUT2D eigenvalue weighted by molar-refractivity contribution is -0.144. The number of aliphatic carboxylic acids is 1. The van der Waals surface area contributed by atoms with E-state index < -0.39 is 12.4 Å². The van der Waals surface area contributed by atoms with E-state index in [0.29, 0.717) is 6.54 Å². The average molecular weight is 237 g/mol. The van der Waals surface area contributed by atoms with Crippen molar-refractivity contribution in [1.82, 2.24) is 14.5 Å². The van der Waals surface area contributed by atoms with Crippen LogP contribution >= 0.6 is 0 Å². The van der Waals surface area contributed by atoms with Gasteiger partial charge in [-0.05, 0) is 12.8 Å². The molecule has 0 saturated heterocycles. The highest BCUT2D eigenvalue weighted by atomic mass is 16.4. The third kappa shape index (κ3) is 2.83. The summed E-state index contributed by atoms with van der Waals surface area (Å²) in [5.41, 5.74) is 0. The standard InChI is InChI=1S/C11H15N3O3/c1-13-5-4-12-9(13)7-14(8-2-3-8)10(15)6-11(16)17/h4-5,8H,2-3,6-7H2,1H3,(H,16,17). The highest BCUT2D eigenvalue weighted by Crippen LogP contribution is 2.28. The fraction of sp³-hybridized carbons (Fsp3) is 0.545. The number of amides is 1. The zero-order valence-electron chi connectivity index (χ0n) is 9.67. The highest BCUT2D eigenvalue weighted by Gasteiger charge is 2.33. The largest absolute Gasteiger partial charge is 0.481 e. The molecule has 0 radical (unpaired) electrons. The number of nitrogens with zero attached hydrogens (tertiary/aromatic N) is 3. The maximum Gasteiger partial charge on any atom is 0.312 e. The van der Waals surface area contributed by atoms with Crippen LogP contribution in [-0.4, -0.2) is 37.5 Å². The molecular weight excluding hydrogens is 222 g/mol. The second-order valence-corrected chi connectivity index (χ2v) is 4.28. The number of carboxylic acids is 1. The van der Waals surface area contributed by atoms with E-state index in [1.54, 1.807) is 11.1 Å². The van der Waals surface area contributed by atoms with Crippen molar-refractivity contribution in [3.8, 4) is 0 Å². The highest BCUT2D eigenvalue weighted by molar-refractivity contribution is 5.93. The number of hydrogen-bond donors (Lipinski definition) is 1. The van der Waals surface area contributed by atoms with Gasteiger partial charge in [-0.25, -0.2) is 4.98 Å². The van der Waals surface area contributed by atoms with E-state index in [0.717, 1.165) is 18.7 Å². The van der Waals surface area contributed by atoms with Gasteiger partial charge in [0.2, 0.25) is 5.91 Å². The minimum absolute atomic E-state index is 0.193. The van der Waals surface area contributed by atoms with Crippen LogP contribution < -0.4 is 0 Å². The molecule has 6 heteroatoms. The third-order valence-electron chi connectivity index (χ3n) is 2.84. The average Bonchev–Trinajstić information content (AvgIpc) is 2.99. The van der Waals surface area contributed by atoms with E-state index in [4.69, 9.17) is 5.11 Å². The Bertz CT molecular complexity index is 437. The van der Waals surface area contributed by atoms with Gasteiger partial charge in [-0.3, -0.25) is 9.59 Å². The van der Waals surface area contributed by atoms with E-state index in [-0.39, 0.29) is 11.9 Å². The van der Waals surface area contributed by atoms with Crippen LogP contribution in [0.1, 0.15) is 25.1 Å². The summed E-state index contributed by atoms with van der Waals surface area (Å²) < 4.78 is 1.84. The molecule has 1 N–H and O–H groups in total. The maximum absolute atomic E-state index is 11.8. The van der Waals surface area contributed by atoms with Crippen LogP contribution in [0.4, 0.5) is 0 Å². The first kappa shape index (κ1) is 11.6. The van der Waals surface area contributed by atoms with Gasteiger partial charge >= 0.3 is 5.97 Å². The quantitative estimate of drug-likeness (QED) is 0.751. The van der Waals surface area contributed by atoms with Crippen molar-refractivity contribution >= 4 is 11.9 Å². The van der Waals surface area contributed by atoms with Gasteiger partial charge in [0, 0.05) is 25.5 Å². The molecule has 1 aromatic rings. The number of carboxylic acid groups (broad SMARTS) is 1. The monoisotopic (exact) mass is 237 g/mol. The lowest BCUT2D eigenvalue weighted by atomic mass is 10.3. The zero-order valence-corrected chi connectivity index (χ0v) is 9.67. The van der Waals surface area contributed by atoms with E-state index >= 15 is 0 Å². The first-order valence-corrected chi connectivity index (χ1v) is 5.55. The summed E-state index contributed by atoms with van der Waals surface area (Å²) >= 11 is 0. The number of hydrogen-bond acceptors (Lipinski definition) is 3. The Morgan fingerprint density at radius 2 is 2.29 bits per heavy atom. The van der Waals surface area contributed by atoms with Gasteiger partial charge in [-0.15, -0.1) is 0 Å². The van der Waals surface area contributed by atoms with Crippen molar-refractivity contribution < 1.29 is 14.7 Å². The minimum atomic E-state index is -1.08. The summed E-state index contributed by atoms with van der Waals surface area (Å²) in [5.74, 6) is -0.640. The summed E-state index contributed by atoms with van der Waals surface area (Å²) in [6.07, 6.45) is 4.94. The van der Waals surface area contributed by atoms with Crippen molar-refractivity contribution in [2.75, 3.05) is 0 Å². The van der Waals surface area contributed by atoms with Gasteiger partial charge in [0.1, 0.15) is 12.2 Å². The Morgan fingerprint density at radius 3 is 2.76 bits per heavy atom. The predicted octanol–water partition coefficient (Wildman–Crippen LogP) is 0.386. The third-order valence-corrected chi connectivity index (χ3v) is 2.84. The number of imidazole rings is 1. The molecule has 0 unspecified atom stereocenters. The van der Waals surface area contributed by atoms with Crippen LogP contribution in [0.25, 0.3) is 0 Å². The molecule has 1 saturated carbocycles. The molecule has 0 atom stereocenters. The fourth-order valence-corrected chi connectivity index (χ4v) is 1.74. The Balaban J connectivity index is 2.05. The van der Waals surface area contributed by atoms with Crippen molar-refractivity contribution in [2.45, 2.75) is 31.8 Å². The molecule has 0 aromatic carbocycles. The van der Waals surface area contributed by atoms with E-state index in [1.165, 1.54) is 0 Å². The van der Waals surface area contributed by atoms with Crippen LogP contribution in [0.15, 0.2) is 12.4 Å². The first-order valence-electron chi connectivity index (χ1n) is 5.55. The van der Waals surface area contributed by atoms with Gasteiger partial charge in [0.15, 0.2) is 0 Å². The molecule has 17 heavy (non-hydrogen) atoms. The SMILES string of the molecule is Cn1ccnc1CN(C(=O)CC(=O)O)C1CC1. The van der Waals surface area contributed by atoms with Crippen molar-refractivity contribution in [1.29, 1.82) is 0 Å². The Hall–Kier alpha value is -1.85. The minimum Gasteiger partial charge on any atom is -0.481 e. The number of carbonyl (C=O) groups excluding carboxylic acids is 1. The zero-order chi connectivity index (χ0) is 12.4. The predicted molar refractivity (Wildman–Crippen MR) is 59.0 cm³/mol. The summed E-state index contributed by atoms with van der Waals surface area (Å²) in [6.45, 7) is 0.389. The second-order valence-electron chi connectivity index (χ2n) is 4.28. The van der Waals surface area contributed by atoms with Crippen molar-refractivity contribution in [2.24, 2.45) is 7.05 Å². The molecule has 92 valence electrons. The number of aromatic nitrogens is 2.